The van der Waals surface area contributed by atoms with Crippen LogP contribution in [0.25, 0.3) is 0 Å². The first-order valence-corrected chi connectivity index (χ1v) is 18.0. The van der Waals surface area contributed by atoms with E-state index in [9.17, 15) is 34.2 Å². The minimum Gasteiger partial charge on any atom is -0.543 e. The average Bonchev–Trinajstić information content (AvgIpc) is 3.84. The number of carbonyl (C=O) groups is 5. The first-order chi connectivity index (χ1) is 22.1. The van der Waals surface area contributed by atoms with Crippen LogP contribution in [0, 0.1) is 0 Å². The van der Waals surface area contributed by atoms with Crippen molar-refractivity contribution in [1.29, 1.82) is 0 Å². The van der Waals surface area contributed by atoms with E-state index in [1.165, 1.54) is 63.9 Å². The van der Waals surface area contributed by atoms with Gasteiger partial charge in [-0.25, -0.2) is 19.2 Å². The third-order valence-electron chi connectivity index (χ3n) is 8.03. The molecule has 6 amide bonds. The molecule has 3 saturated heterocycles. The summed E-state index contributed by atoms with van der Waals surface area (Å²) < 4.78 is 1.04. The van der Waals surface area contributed by atoms with Gasteiger partial charge in [0.1, 0.15) is 21.9 Å². The normalized spacial score (nSPS) is 24.9. The molecular weight excluding hydrogens is 704 g/mol. The van der Waals surface area contributed by atoms with E-state index in [1.807, 2.05) is 0 Å². The molecule has 22 heteroatoms. The Morgan fingerprint density at radius 1 is 1.21 bits per heavy atom. The van der Waals surface area contributed by atoms with Gasteiger partial charge in [-0.05, 0) is 28.1 Å². The molecule has 0 radical (unpaired) electrons. The molecule has 0 aliphatic carbocycles. The second-order valence-electron chi connectivity index (χ2n) is 10.6. The first kappa shape index (κ1) is 34.1. The summed E-state index contributed by atoms with van der Waals surface area (Å²) in [6.45, 7) is 0.326. The molecule has 17 nitrogen and oxygen atoms in total. The van der Waals surface area contributed by atoms with E-state index in [1.54, 1.807) is 18.0 Å². The maximum Gasteiger partial charge on any atom is 1.00 e. The molecule has 5 aliphatic heterocycles. The van der Waals surface area contributed by atoms with E-state index in [2.05, 4.69) is 31.5 Å². The molecule has 47 heavy (non-hydrogen) atoms. The number of anilines is 1. The Morgan fingerprint density at radius 3 is 2.64 bits per heavy atom. The molecule has 242 valence electrons. The number of aromatic hydroxyl groups is 1. The third kappa shape index (κ3) is 5.62. The van der Waals surface area contributed by atoms with Gasteiger partial charge in [-0.15, -0.1) is 40.4 Å². The van der Waals surface area contributed by atoms with Crippen LogP contribution in [0.2, 0.25) is 0 Å². The van der Waals surface area contributed by atoms with E-state index in [0.29, 0.717) is 22.0 Å². The van der Waals surface area contributed by atoms with Crippen molar-refractivity contribution in [3.8, 4) is 5.75 Å². The van der Waals surface area contributed by atoms with Crippen molar-refractivity contribution < 1.29 is 63.7 Å². The Hall–Kier alpha value is -2.82. The number of rotatable bonds is 8. The van der Waals surface area contributed by atoms with Gasteiger partial charge in [-0.2, -0.15) is 0 Å². The topological polar surface area (TPSA) is 218 Å². The number of nitrogens with zero attached hydrogens (tertiary/aromatic N) is 7. The van der Waals surface area contributed by atoms with Crippen molar-refractivity contribution in [1.82, 2.24) is 46.0 Å². The predicted molar refractivity (Wildman–Crippen MR) is 166 cm³/mol. The van der Waals surface area contributed by atoms with Gasteiger partial charge >= 0.3 is 41.6 Å². The molecule has 3 fully saturated rings. The first-order valence-electron chi connectivity index (χ1n) is 13.9. The van der Waals surface area contributed by atoms with Gasteiger partial charge in [-0.3, -0.25) is 14.5 Å². The molecular formula is C25H25N10NaO7S4. The molecule has 1 aromatic heterocycles. The molecule has 2 unspecified atom stereocenters. The van der Waals surface area contributed by atoms with Crippen LogP contribution < -0.4 is 55.5 Å². The number of carboxylic acids is 1. The van der Waals surface area contributed by atoms with Crippen molar-refractivity contribution in [2.45, 2.75) is 26.9 Å². The summed E-state index contributed by atoms with van der Waals surface area (Å²) in [6, 6.07) is 1.94. The number of β-lactam (4-membered cyclic amide) rings is 1. The Balaban J connectivity index is 0.00000386. The maximum absolute atomic E-state index is 14.6. The summed E-state index contributed by atoms with van der Waals surface area (Å²) in [5, 5.41) is 42.1. The number of fused-ring (bicyclic) bond motifs is 3. The molecule has 3 atom stereocenters. The van der Waals surface area contributed by atoms with Crippen LogP contribution in [-0.2, 0) is 27.1 Å². The van der Waals surface area contributed by atoms with E-state index >= 15 is 0 Å². The largest absolute Gasteiger partial charge is 1.00 e. The predicted octanol–water partition coefficient (Wildman–Crippen LogP) is -4.41. The zero-order valence-corrected chi connectivity index (χ0v) is 30.1. The molecule has 7 rings (SSSR count). The summed E-state index contributed by atoms with van der Waals surface area (Å²) in [6.07, 6.45) is 0. The number of phenols is 1. The third-order valence-corrected chi connectivity index (χ3v) is 13.4. The molecule has 4 N–H and O–H groups in total. The Labute approximate surface area is 306 Å². The summed E-state index contributed by atoms with van der Waals surface area (Å²) in [5.74, 6) is -1.12. The van der Waals surface area contributed by atoms with Crippen molar-refractivity contribution in [3.05, 3.63) is 35.0 Å². The number of benzene rings is 1. The SMILES string of the molecule is Cn1nnnc1SCC1=C(C(=O)[O-])N2C(=O)C(NC(=O)C3(NC(=O)N4CCNC4=O)c4ccc(O)c(c4)N3C3SCCS3)[C@@H]2SC1.[Na+]. The van der Waals surface area contributed by atoms with Crippen molar-refractivity contribution in [3.63, 3.8) is 0 Å². The number of aryl methyl sites for hydroxylation is 1. The quantitative estimate of drug-likeness (QED) is 0.115. The number of hydrogen-bond donors (Lipinski definition) is 4. The van der Waals surface area contributed by atoms with Gasteiger partial charge in [0.15, 0.2) is 0 Å². The molecule has 2 bridgehead atoms. The Bertz CT molecular complexity index is 1710. The van der Waals surface area contributed by atoms with Crippen LogP contribution >= 0.6 is 47.0 Å². The maximum atomic E-state index is 14.6. The van der Waals surface area contributed by atoms with Gasteiger partial charge in [0.25, 0.3) is 11.8 Å². The fourth-order valence-corrected chi connectivity index (χ4v) is 11.2. The summed E-state index contributed by atoms with van der Waals surface area (Å²) in [4.78, 5) is 70.0. The number of thioether (sulfide) groups is 4. The van der Waals surface area contributed by atoms with Gasteiger partial charge in [0.2, 0.25) is 10.8 Å². The standard InChI is InChI=1S/C25H26N10O7S4.Na/c1-32-23(29-30-31-32)46-10-11-9-45-18-15(17(37)34(18)16(11)19(38)39)27-20(40)25(28-22(42)33-5-4-26-21(33)41)12-2-3-14(36)13(8-12)35(25)24-43-6-7-44-24;/h2-3,8,15,18,24,36H,4-7,9-10H2,1H3,(H,26,41)(H,27,40)(H,28,42)(H,38,39);/q;+1/p-1/t15?,18-,25?;/m0./s1. The summed E-state index contributed by atoms with van der Waals surface area (Å²) in [7, 11) is 1.65. The van der Waals surface area contributed by atoms with E-state index in [4.69, 9.17) is 0 Å². The molecule has 1 aromatic carbocycles. The molecule has 0 saturated carbocycles. The Kier molecular flexibility index (Phi) is 9.59. The van der Waals surface area contributed by atoms with Gasteiger partial charge in [0, 0.05) is 48.7 Å². The number of amides is 6. The molecule has 2 aromatic rings. The minimum absolute atomic E-state index is 0. The minimum atomic E-state index is -1.94. The fourth-order valence-electron chi connectivity index (χ4n) is 5.87. The number of aromatic nitrogens is 4. The number of phenolic OH excluding ortho intramolecular Hbond substituents is 1. The van der Waals surface area contributed by atoms with E-state index in [-0.39, 0.29) is 65.6 Å². The van der Waals surface area contributed by atoms with Crippen LogP contribution in [0.5, 0.6) is 5.75 Å². The summed E-state index contributed by atoms with van der Waals surface area (Å²) in [5.41, 5.74) is -1.12. The number of aliphatic carboxylic acids is 1. The van der Waals surface area contributed by atoms with Crippen LogP contribution in [0.15, 0.2) is 34.6 Å². The number of imide groups is 1. The molecule has 0 spiro atoms. The monoisotopic (exact) mass is 728 g/mol. The number of urea groups is 2. The van der Waals surface area contributed by atoms with Crippen LogP contribution in [0.3, 0.4) is 0 Å². The van der Waals surface area contributed by atoms with Crippen molar-refractivity contribution in [2.75, 3.05) is 41.0 Å². The van der Waals surface area contributed by atoms with Gasteiger partial charge < -0.3 is 35.9 Å². The van der Waals surface area contributed by atoms with Crippen molar-refractivity contribution in [2.24, 2.45) is 7.05 Å². The van der Waals surface area contributed by atoms with E-state index in [0.717, 1.165) is 21.3 Å². The van der Waals surface area contributed by atoms with Crippen LogP contribution in [-0.4, -0.2) is 117 Å². The summed E-state index contributed by atoms with van der Waals surface area (Å²) >= 11 is 5.53. The zero-order chi connectivity index (χ0) is 32.3. The van der Waals surface area contributed by atoms with Gasteiger partial charge in [-0.1, -0.05) is 17.8 Å². The molecule has 5 aliphatic rings. The zero-order valence-electron chi connectivity index (χ0n) is 24.9. The van der Waals surface area contributed by atoms with Crippen molar-refractivity contribution >= 4 is 82.6 Å². The fraction of sp³-hybridized carbons (Fsp3) is 0.440. The second-order valence-corrected chi connectivity index (χ2v) is 15.3. The Morgan fingerprint density at radius 2 is 1.98 bits per heavy atom. The van der Waals surface area contributed by atoms with Crippen LogP contribution in [0.1, 0.15) is 5.56 Å². The number of hydrogen-bond acceptors (Lipinski definition) is 15. The smallest absolute Gasteiger partial charge is 0.543 e. The van der Waals surface area contributed by atoms with Gasteiger partial charge in [0.05, 0.1) is 17.4 Å². The number of carboxylic acid groups (broad SMARTS) is 1. The second kappa shape index (κ2) is 13.2. The number of carbonyl (C=O) groups excluding carboxylic acids is 5. The van der Waals surface area contributed by atoms with Crippen LogP contribution in [0.4, 0.5) is 15.3 Å². The van der Waals surface area contributed by atoms with E-state index < -0.39 is 51.6 Å². The number of nitrogens with one attached hydrogen (secondary N) is 3. The average molecular weight is 729 g/mol. The number of tetrazole rings is 1. The molecule has 6 heterocycles.